The summed E-state index contributed by atoms with van der Waals surface area (Å²) >= 11 is 0. The number of aryl methyl sites for hydroxylation is 1. The van der Waals surface area contributed by atoms with Gasteiger partial charge in [-0.25, -0.2) is 0 Å². The van der Waals surface area contributed by atoms with E-state index in [0.717, 1.165) is 27.7 Å². The van der Waals surface area contributed by atoms with E-state index in [9.17, 15) is 0 Å². The predicted octanol–water partition coefficient (Wildman–Crippen LogP) is 4.18. The first-order valence-corrected chi connectivity index (χ1v) is 6.28. The van der Waals surface area contributed by atoms with Crippen molar-refractivity contribution < 1.29 is 4.42 Å². The van der Waals surface area contributed by atoms with Crippen molar-refractivity contribution in [2.45, 2.75) is 6.92 Å². The van der Waals surface area contributed by atoms with E-state index in [0.29, 0.717) is 5.56 Å². The predicted molar refractivity (Wildman–Crippen MR) is 78.8 cm³/mol. The summed E-state index contributed by atoms with van der Waals surface area (Å²) < 4.78 is 5.44. The van der Waals surface area contributed by atoms with Gasteiger partial charge in [0.05, 0.1) is 24.1 Å². The molecule has 3 aromatic rings. The van der Waals surface area contributed by atoms with Gasteiger partial charge in [0.1, 0.15) is 0 Å². The lowest BCUT2D eigenvalue weighted by atomic mass is 10.0. The maximum Gasteiger partial charge on any atom is 0.152 e. The number of nitrogens with zero attached hydrogens (tertiary/aromatic N) is 2. The molecular formula is C17H12N2O. The van der Waals surface area contributed by atoms with E-state index in [2.05, 4.69) is 11.1 Å². The minimum Gasteiger partial charge on any atom is -0.462 e. The fourth-order valence-corrected chi connectivity index (χ4v) is 2.13. The Morgan fingerprint density at radius 3 is 2.90 bits per heavy atom. The van der Waals surface area contributed by atoms with Gasteiger partial charge < -0.3 is 4.42 Å². The topological polar surface area (TPSA) is 49.8 Å². The summed E-state index contributed by atoms with van der Waals surface area (Å²) in [6.07, 6.45) is 9.03. The van der Waals surface area contributed by atoms with Gasteiger partial charge >= 0.3 is 0 Å². The number of fused-ring (bicyclic) bond motifs is 1. The molecule has 20 heavy (non-hydrogen) atoms. The van der Waals surface area contributed by atoms with Crippen LogP contribution in [0.25, 0.3) is 23.1 Å². The zero-order valence-electron chi connectivity index (χ0n) is 11.0. The minimum atomic E-state index is 0.668. The maximum atomic E-state index is 9.13. The summed E-state index contributed by atoms with van der Waals surface area (Å²) in [6, 6.07) is 9.90. The molecule has 0 aliphatic carbocycles. The highest BCUT2D eigenvalue weighted by Gasteiger charge is 2.03. The number of benzene rings is 1. The van der Waals surface area contributed by atoms with E-state index in [1.165, 1.54) is 0 Å². The molecule has 0 unspecified atom stereocenters. The summed E-state index contributed by atoms with van der Waals surface area (Å²) in [6.45, 7) is 2.01. The van der Waals surface area contributed by atoms with Gasteiger partial charge in [-0.05, 0) is 24.6 Å². The van der Waals surface area contributed by atoms with Crippen LogP contribution in [0.3, 0.4) is 0 Å². The fraction of sp³-hybridized carbons (Fsp3) is 0.0588. The molecule has 0 amide bonds. The van der Waals surface area contributed by atoms with Gasteiger partial charge in [0.2, 0.25) is 0 Å². The van der Waals surface area contributed by atoms with Crippen LogP contribution in [-0.4, -0.2) is 4.98 Å². The van der Waals surface area contributed by atoms with Crippen molar-refractivity contribution >= 4 is 23.1 Å². The lowest BCUT2D eigenvalue weighted by Crippen LogP contribution is -1.83. The van der Waals surface area contributed by atoms with Crippen LogP contribution in [0.2, 0.25) is 0 Å². The van der Waals surface area contributed by atoms with E-state index in [1.807, 2.05) is 43.3 Å². The molecule has 1 aromatic carbocycles. The molecule has 3 nitrogen and oxygen atoms in total. The van der Waals surface area contributed by atoms with Crippen LogP contribution in [0.4, 0.5) is 0 Å². The van der Waals surface area contributed by atoms with Crippen LogP contribution in [0.15, 0.2) is 47.3 Å². The second-order valence-electron chi connectivity index (χ2n) is 4.60. The number of rotatable bonds is 2. The normalized spacial score (nSPS) is 11.0. The summed E-state index contributed by atoms with van der Waals surface area (Å²) in [4.78, 5) is 4.02. The van der Waals surface area contributed by atoms with Gasteiger partial charge in [-0.3, -0.25) is 4.98 Å². The third-order valence-electron chi connectivity index (χ3n) is 3.18. The molecule has 2 heterocycles. The molecule has 0 saturated carbocycles. The number of hydrogen-bond acceptors (Lipinski definition) is 3. The van der Waals surface area contributed by atoms with Gasteiger partial charge in [-0.2, -0.15) is 5.26 Å². The first-order chi connectivity index (χ1) is 9.78. The number of nitriles is 1. The first-order valence-electron chi connectivity index (χ1n) is 6.28. The van der Waals surface area contributed by atoms with Gasteiger partial charge in [-0.1, -0.05) is 29.8 Å². The molecule has 0 radical (unpaired) electrons. The fourth-order valence-electron chi connectivity index (χ4n) is 2.13. The summed E-state index contributed by atoms with van der Waals surface area (Å²) in [5.41, 5.74) is 4.45. The monoisotopic (exact) mass is 260 g/mol. The van der Waals surface area contributed by atoms with Crippen molar-refractivity contribution in [3.8, 4) is 6.07 Å². The Labute approximate surface area is 116 Å². The van der Waals surface area contributed by atoms with Crippen molar-refractivity contribution in [1.29, 1.82) is 5.26 Å². The average molecular weight is 260 g/mol. The largest absolute Gasteiger partial charge is 0.462 e. The Bertz CT molecular complexity index is 838. The van der Waals surface area contributed by atoms with Crippen molar-refractivity contribution in [1.82, 2.24) is 4.98 Å². The quantitative estimate of drug-likeness (QED) is 0.694. The molecular weight excluding hydrogens is 248 g/mol. The Morgan fingerprint density at radius 2 is 2.05 bits per heavy atom. The van der Waals surface area contributed by atoms with Gasteiger partial charge in [0, 0.05) is 17.1 Å². The van der Waals surface area contributed by atoms with Crippen molar-refractivity contribution in [2.24, 2.45) is 0 Å². The average Bonchev–Trinajstić information content (AvgIpc) is 2.88. The highest BCUT2D eigenvalue weighted by atomic mass is 16.3. The standard InChI is InChI=1S/C17H12N2O/c1-12-2-3-14(9-18)13(8-12)4-5-15-11-20-17-10-19-7-6-16(15)17/h2-8,10-11H,1H3/b5-4-. The van der Waals surface area contributed by atoms with E-state index >= 15 is 0 Å². The van der Waals surface area contributed by atoms with Gasteiger partial charge in [0.25, 0.3) is 0 Å². The molecule has 3 heteroatoms. The summed E-state index contributed by atoms with van der Waals surface area (Å²) in [7, 11) is 0. The highest BCUT2D eigenvalue weighted by molar-refractivity contribution is 5.89. The number of hydrogen-bond donors (Lipinski definition) is 0. The van der Waals surface area contributed by atoms with Crippen LogP contribution >= 0.6 is 0 Å². The number of pyridine rings is 1. The minimum absolute atomic E-state index is 0.668. The van der Waals surface area contributed by atoms with Crippen LogP contribution in [0.5, 0.6) is 0 Å². The molecule has 0 aliphatic heterocycles. The zero-order valence-corrected chi connectivity index (χ0v) is 11.0. The summed E-state index contributed by atoms with van der Waals surface area (Å²) in [5.74, 6) is 0. The van der Waals surface area contributed by atoms with Crippen LogP contribution in [-0.2, 0) is 0 Å². The molecule has 0 saturated heterocycles. The van der Waals surface area contributed by atoms with E-state index in [-0.39, 0.29) is 0 Å². The van der Waals surface area contributed by atoms with Gasteiger partial charge in [-0.15, -0.1) is 0 Å². The van der Waals surface area contributed by atoms with E-state index in [4.69, 9.17) is 9.68 Å². The number of furan rings is 1. The second kappa shape index (κ2) is 5.02. The van der Waals surface area contributed by atoms with Crippen molar-refractivity contribution in [3.63, 3.8) is 0 Å². The zero-order chi connectivity index (χ0) is 13.9. The molecule has 3 rings (SSSR count). The number of aromatic nitrogens is 1. The smallest absolute Gasteiger partial charge is 0.152 e. The molecule has 0 fully saturated rings. The Kier molecular flexibility index (Phi) is 3.06. The maximum absolute atomic E-state index is 9.13. The molecule has 0 N–H and O–H groups in total. The summed E-state index contributed by atoms with van der Waals surface area (Å²) in [5, 5.41) is 10.1. The molecule has 0 spiro atoms. The van der Waals surface area contributed by atoms with Crippen LogP contribution in [0.1, 0.15) is 22.3 Å². The van der Waals surface area contributed by atoms with Crippen molar-refractivity contribution in [2.75, 3.05) is 0 Å². The highest BCUT2D eigenvalue weighted by Crippen LogP contribution is 2.22. The first kappa shape index (κ1) is 12.2. The molecule has 96 valence electrons. The molecule has 2 aromatic heterocycles. The van der Waals surface area contributed by atoms with Gasteiger partial charge in [0.15, 0.2) is 5.58 Å². The van der Waals surface area contributed by atoms with Crippen molar-refractivity contribution in [3.05, 3.63) is 65.2 Å². The lowest BCUT2D eigenvalue weighted by molar-refractivity contribution is 0.613. The van der Waals surface area contributed by atoms with E-state index in [1.54, 1.807) is 18.7 Å². The SMILES string of the molecule is Cc1ccc(C#N)c(/C=C\c2coc3cnccc23)c1. The second-order valence-corrected chi connectivity index (χ2v) is 4.60. The Hall–Kier alpha value is -2.86. The molecule has 0 atom stereocenters. The molecule has 0 bridgehead atoms. The third-order valence-corrected chi connectivity index (χ3v) is 3.18. The van der Waals surface area contributed by atoms with Crippen LogP contribution < -0.4 is 0 Å². The third kappa shape index (κ3) is 2.19. The van der Waals surface area contributed by atoms with Crippen LogP contribution in [0, 0.1) is 18.3 Å². The Balaban J connectivity index is 2.03. The van der Waals surface area contributed by atoms with E-state index < -0.39 is 0 Å². The lowest BCUT2D eigenvalue weighted by Gasteiger charge is -1.99. The molecule has 0 aliphatic rings. The Morgan fingerprint density at radius 1 is 1.20 bits per heavy atom.